The quantitative estimate of drug-likeness (QED) is 0.672. The van der Waals surface area contributed by atoms with E-state index in [1.807, 2.05) is 0 Å². The molecule has 1 saturated carbocycles. The van der Waals surface area contributed by atoms with E-state index < -0.39 is 4.92 Å². The van der Waals surface area contributed by atoms with Crippen LogP contribution in [0, 0.1) is 23.0 Å². The topological polar surface area (TPSA) is 90.1 Å². The summed E-state index contributed by atoms with van der Waals surface area (Å²) in [5.41, 5.74) is 0. The second-order valence-electron chi connectivity index (χ2n) is 5.44. The molecule has 0 bridgehead atoms. The predicted molar refractivity (Wildman–Crippen MR) is 73.2 cm³/mol. The molecule has 1 aromatic rings. The number of nitrogens with zero attached hydrogens (tertiary/aromatic N) is 3. The predicted octanol–water partition coefficient (Wildman–Crippen LogP) is 1.79. The maximum atomic E-state index is 12.1. The Balaban J connectivity index is 2.01. The van der Waals surface area contributed by atoms with Crippen LogP contribution in [0.4, 0.5) is 5.82 Å². The molecule has 1 heterocycles. The highest BCUT2D eigenvalue weighted by atomic mass is 16.6. The number of aryl methyl sites for hydroxylation is 1. The van der Waals surface area contributed by atoms with Gasteiger partial charge in [0.2, 0.25) is 0 Å². The molecule has 110 valence electrons. The summed E-state index contributed by atoms with van der Waals surface area (Å²) in [6.07, 6.45) is 5.62. The van der Waals surface area contributed by atoms with E-state index >= 15 is 0 Å². The van der Waals surface area contributed by atoms with Crippen molar-refractivity contribution < 1.29 is 9.72 Å². The van der Waals surface area contributed by atoms with Crippen LogP contribution in [-0.4, -0.2) is 26.4 Å². The van der Waals surface area contributed by atoms with E-state index in [1.165, 1.54) is 17.2 Å². The Labute approximate surface area is 117 Å². The van der Waals surface area contributed by atoms with Crippen LogP contribution in [0.3, 0.4) is 0 Å². The van der Waals surface area contributed by atoms with Gasteiger partial charge in [0.25, 0.3) is 5.91 Å². The van der Waals surface area contributed by atoms with Gasteiger partial charge in [0.15, 0.2) is 12.4 Å². The number of hydrogen-bond donors (Lipinski definition) is 1. The smallest absolute Gasteiger partial charge is 0.343 e. The second-order valence-corrected chi connectivity index (χ2v) is 5.44. The molecule has 1 amide bonds. The number of amides is 1. The third-order valence-electron chi connectivity index (χ3n) is 3.98. The SMILES string of the molecule is Cc1ncc([N+](=O)[O-])n1CC(=O)N[C@H]1CCCC[C@H]1C. The molecule has 0 radical (unpaired) electrons. The van der Waals surface area contributed by atoms with Crippen molar-refractivity contribution in [2.45, 2.75) is 52.1 Å². The number of carbonyl (C=O) groups excluding carboxylic acids is 1. The van der Waals surface area contributed by atoms with Crippen molar-refractivity contribution in [2.75, 3.05) is 0 Å². The van der Waals surface area contributed by atoms with Gasteiger partial charge in [0, 0.05) is 13.0 Å². The third-order valence-corrected chi connectivity index (χ3v) is 3.98. The zero-order chi connectivity index (χ0) is 14.7. The normalized spacial score (nSPS) is 22.5. The van der Waals surface area contributed by atoms with E-state index in [0.717, 1.165) is 19.3 Å². The van der Waals surface area contributed by atoms with Crippen LogP contribution >= 0.6 is 0 Å². The van der Waals surface area contributed by atoms with Crippen molar-refractivity contribution in [2.24, 2.45) is 5.92 Å². The average Bonchev–Trinajstić information content (AvgIpc) is 2.74. The molecule has 0 aliphatic heterocycles. The lowest BCUT2D eigenvalue weighted by molar-refractivity contribution is -0.392. The number of nitrogens with one attached hydrogen (secondary N) is 1. The molecular formula is C13H20N4O3. The number of carbonyl (C=O) groups is 1. The van der Waals surface area contributed by atoms with E-state index in [9.17, 15) is 14.9 Å². The number of nitro groups is 1. The van der Waals surface area contributed by atoms with Gasteiger partial charge in [-0.2, -0.15) is 0 Å². The maximum absolute atomic E-state index is 12.1. The molecule has 0 aromatic carbocycles. The number of rotatable bonds is 4. The Hall–Kier alpha value is -1.92. The monoisotopic (exact) mass is 280 g/mol. The molecule has 1 aliphatic rings. The highest BCUT2D eigenvalue weighted by Crippen LogP contribution is 2.23. The molecule has 1 fully saturated rings. The minimum atomic E-state index is -0.517. The Kier molecular flexibility index (Phi) is 4.36. The summed E-state index contributed by atoms with van der Waals surface area (Å²) in [4.78, 5) is 26.3. The second kappa shape index (κ2) is 6.02. The van der Waals surface area contributed by atoms with Gasteiger partial charge in [-0.15, -0.1) is 0 Å². The Bertz CT molecular complexity index is 512. The molecule has 1 aromatic heterocycles. The minimum Gasteiger partial charge on any atom is -0.358 e. The van der Waals surface area contributed by atoms with Gasteiger partial charge < -0.3 is 15.4 Å². The molecular weight excluding hydrogens is 260 g/mol. The molecule has 7 heteroatoms. The summed E-state index contributed by atoms with van der Waals surface area (Å²) < 4.78 is 1.34. The van der Waals surface area contributed by atoms with Crippen LogP contribution in [0.5, 0.6) is 0 Å². The zero-order valence-electron chi connectivity index (χ0n) is 11.8. The van der Waals surface area contributed by atoms with Gasteiger partial charge in [0.05, 0.1) is 0 Å². The largest absolute Gasteiger partial charge is 0.358 e. The van der Waals surface area contributed by atoms with Crippen molar-refractivity contribution in [3.8, 4) is 0 Å². The highest BCUT2D eigenvalue weighted by Gasteiger charge is 2.25. The Morgan fingerprint density at radius 2 is 2.25 bits per heavy atom. The Morgan fingerprint density at radius 1 is 1.55 bits per heavy atom. The van der Waals surface area contributed by atoms with E-state index in [1.54, 1.807) is 6.92 Å². The fraction of sp³-hybridized carbons (Fsp3) is 0.692. The van der Waals surface area contributed by atoms with Gasteiger partial charge in [-0.1, -0.05) is 19.8 Å². The van der Waals surface area contributed by atoms with Crippen LogP contribution in [-0.2, 0) is 11.3 Å². The summed E-state index contributed by atoms with van der Waals surface area (Å²) in [6, 6.07) is 0.180. The molecule has 0 saturated heterocycles. The molecule has 1 aliphatic carbocycles. The summed E-state index contributed by atoms with van der Waals surface area (Å²) in [6.45, 7) is 3.74. The van der Waals surface area contributed by atoms with Gasteiger partial charge >= 0.3 is 5.82 Å². The summed E-state index contributed by atoms with van der Waals surface area (Å²) in [5, 5.41) is 13.9. The van der Waals surface area contributed by atoms with E-state index in [-0.39, 0.29) is 24.3 Å². The van der Waals surface area contributed by atoms with E-state index in [2.05, 4.69) is 17.2 Å². The molecule has 7 nitrogen and oxygen atoms in total. The summed E-state index contributed by atoms with van der Waals surface area (Å²) in [5.74, 6) is 0.609. The summed E-state index contributed by atoms with van der Waals surface area (Å²) in [7, 11) is 0. The van der Waals surface area contributed by atoms with Crippen LogP contribution < -0.4 is 5.32 Å². The number of hydrogen-bond acceptors (Lipinski definition) is 4. The molecule has 2 atom stereocenters. The summed E-state index contributed by atoms with van der Waals surface area (Å²) >= 11 is 0. The van der Waals surface area contributed by atoms with Gasteiger partial charge in [-0.05, 0) is 23.7 Å². The fourth-order valence-electron chi connectivity index (χ4n) is 2.72. The van der Waals surface area contributed by atoms with Crippen molar-refractivity contribution in [1.29, 1.82) is 0 Å². The molecule has 0 spiro atoms. The third kappa shape index (κ3) is 3.15. The lowest BCUT2D eigenvalue weighted by atomic mass is 9.86. The number of imidazole rings is 1. The molecule has 1 N–H and O–H groups in total. The Morgan fingerprint density at radius 3 is 2.90 bits per heavy atom. The van der Waals surface area contributed by atoms with Crippen molar-refractivity contribution in [3.63, 3.8) is 0 Å². The van der Waals surface area contributed by atoms with Gasteiger partial charge in [-0.25, -0.2) is 9.55 Å². The average molecular weight is 280 g/mol. The van der Waals surface area contributed by atoms with Crippen molar-refractivity contribution >= 4 is 11.7 Å². The first-order valence-corrected chi connectivity index (χ1v) is 6.95. The first kappa shape index (κ1) is 14.5. The molecule has 20 heavy (non-hydrogen) atoms. The minimum absolute atomic E-state index is 0.0502. The van der Waals surface area contributed by atoms with Crippen LogP contribution in [0.15, 0.2) is 6.20 Å². The van der Waals surface area contributed by atoms with Crippen LogP contribution in [0.2, 0.25) is 0 Å². The van der Waals surface area contributed by atoms with Gasteiger partial charge in [-0.3, -0.25) is 4.79 Å². The molecule has 2 rings (SSSR count). The fourth-order valence-corrected chi connectivity index (χ4v) is 2.72. The zero-order valence-corrected chi connectivity index (χ0v) is 11.8. The van der Waals surface area contributed by atoms with Crippen LogP contribution in [0.25, 0.3) is 0 Å². The van der Waals surface area contributed by atoms with Gasteiger partial charge in [0.1, 0.15) is 6.20 Å². The lowest BCUT2D eigenvalue weighted by Crippen LogP contribution is -2.42. The lowest BCUT2D eigenvalue weighted by Gasteiger charge is -2.29. The highest BCUT2D eigenvalue weighted by molar-refractivity contribution is 5.76. The number of aromatic nitrogens is 2. The van der Waals surface area contributed by atoms with Crippen molar-refractivity contribution in [3.05, 3.63) is 22.1 Å². The first-order chi connectivity index (χ1) is 9.49. The van der Waals surface area contributed by atoms with Crippen molar-refractivity contribution in [1.82, 2.24) is 14.9 Å². The van der Waals surface area contributed by atoms with Crippen LogP contribution in [0.1, 0.15) is 38.4 Å². The molecule has 0 unspecified atom stereocenters. The van der Waals surface area contributed by atoms with E-state index in [4.69, 9.17) is 0 Å². The maximum Gasteiger partial charge on any atom is 0.343 e. The first-order valence-electron chi connectivity index (χ1n) is 6.95. The van der Waals surface area contributed by atoms with E-state index in [0.29, 0.717) is 11.7 Å². The standard InChI is InChI=1S/C13H20N4O3/c1-9-5-3-4-6-11(9)15-12(18)8-16-10(2)14-7-13(16)17(19)20/h7,9,11H,3-6,8H2,1-2H3,(H,15,18)/t9-,11+/m1/s1.